The van der Waals surface area contributed by atoms with Crippen LogP contribution in [0.3, 0.4) is 0 Å². The van der Waals surface area contributed by atoms with Crippen molar-refractivity contribution >= 4 is 5.91 Å². The highest BCUT2D eigenvalue weighted by molar-refractivity contribution is 5.83. The van der Waals surface area contributed by atoms with E-state index in [9.17, 15) is 4.79 Å². The van der Waals surface area contributed by atoms with Gasteiger partial charge < -0.3 is 11.1 Å². The number of nitrogens with two attached hydrogens (primary N) is 1. The number of carbonyl (C=O) groups is 1. The van der Waals surface area contributed by atoms with Crippen molar-refractivity contribution in [1.29, 1.82) is 0 Å². The molecule has 104 valence electrons. The average molecular weight is 252 g/mol. The van der Waals surface area contributed by atoms with Gasteiger partial charge in [-0.05, 0) is 38.5 Å². The van der Waals surface area contributed by atoms with Gasteiger partial charge in [-0.1, -0.05) is 32.1 Å². The van der Waals surface area contributed by atoms with Gasteiger partial charge in [-0.2, -0.15) is 0 Å². The lowest BCUT2D eigenvalue weighted by atomic mass is 9.73. The molecular formula is C15H28N2O. The van der Waals surface area contributed by atoms with E-state index in [1.807, 2.05) is 0 Å². The molecule has 3 N–H and O–H groups in total. The zero-order chi connectivity index (χ0) is 13.0. The van der Waals surface area contributed by atoms with Crippen LogP contribution in [0.4, 0.5) is 0 Å². The smallest absolute Gasteiger partial charge is 0.227 e. The highest BCUT2D eigenvalue weighted by atomic mass is 16.2. The van der Waals surface area contributed by atoms with E-state index in [-0.39, 0.29) is 11.3 Å². The van der Waals surface area contributed by atoms with Crippen LogP contribution in [0.5, 0.6) is 0 Å². The summed E-state index contributed by atoms with van der Waals surface area (Å²) in [6.07, 6.45) is 10.7. The van der Waals surface area contributed by atoms with Gasteiger partial charge in [-0.25, -0.2) is 0 Å². The van der Waals surface area contributed by atoms with Crippen LogP contribution in [-0.2, 0) is 4.79 Å². The molecule has 3 nitrogen and oxygen atoms in total. The van der Waals surface area contributed by atoms with Crippen LogP contribution >= 0.6 is 0 Å². The fraction of sp³-hybridized carbons (Fsp3) is 0.933. The first-order chi connectivity index (χ1) is 8.68. The Morgan fingerprint density at radius 2 is 1.83 bits per heavy atom. The molecule has 18 heavy (non-hydrogen) atoms. The molecule has 2 aliphatic carbocycles. The van der Waals surface area contributed by atoms with Crippen molar-refractivity contribution in [2.24, 2.45) is 17.1 Å². The molecule has 0 unspecified atom stereocenters. The summed E-state index contributed by atoms with van der Waals surface area (Å²) in [7, 11) is 0. The third-order valence-corrected chi connectivity index (χ3v) is 5.15. The predicted molar refractivity (Wildman–Crippen MR) is 74.1 cm³/mol. The molecule has 2 rings (SSSR count). The van der Waals surface area contributed by atoms with E-state index in [0.29, 0.717) is 18.5 Å². The van der Waals surface area contributed by atoms with E-state index in [2.05, 4.69) is 12.2 Å². The maximum Gasteiger partial charge on any atom is 0.227 e. The van der Waals surface area contributed by atoms with E-state index >= 15 is 0 Å². The molecule has 0 heterocycles. The first-order valence-corrected chi connectivity index (χ1v) is 7.69. The third kappa shape index (κ3) is 2.87. The maximum absolute atomic E-state index is 12.5. The molecule has 0 aromatic rings. The summed E-state index contributed by atoms with van der Waals surface area (Å²) < 4.78 is 0. The van der Waals surface area contributed by atoms with Gasteiger partial charge in [0.25, 0.3) is 0 Å². The molecule has 2 fully saturated rings. The molecule has 0 aliphatic heterocycles. The van der Waals surface area contributed by atoms with E-state index < -0.39 is 0 Å². The molecule has 1 amide bonds. The van der Waals surface area contributed by atoms with Gasteiger partial charge >= 0.3 is 0 Å². The van der Waals surface area contributed by atoms with Crippen LogP contribution in [0.15, 0.2) is 0 Å². The summed E-state index contributed by atoms with van der Waals surface area (Å²) in [5.74, 6) is 0.913. The first-order valence-electron chi connectivity index (χ1n) is 7.69. The normalized spacial score (nSPS) is 25.9. The highest BCUT2D eigenvalue weighted by Gasteiger charge is 2.39. The van der Waals surface area contributed by atoms with Crippen LogP contribution in [0, 0.1) is 11.3 Å². The minimum Gasteiger partial charge on any atom is -0.353 e. The largest absolute Gasteiger partial charge is 0.353 e. The van der Waals surface area contributed by atoms with Gasteiger partial charge in [0.2, 0.25) is 5.91 Å². The van der Waals surface area contributed by atoms with Crippen molar-refractivity contribution in [2.45, 2.75) is 70.8 Å². The van der Waals surface area contributed by atoms with E-state index in [0.717, 1.165) is 25.7 Å². The second-order valence-electron chi connectivity index (χ2n) is 6.35. The molecule has 1 atom stereocenters. The van der Waals surface area contributed by atoms with Crippen LogP contribution in [0.2, 0.25) is 0 Å². The molecule has 0 spiro atoms. The van der Waals surface area contributed by atoms with Crippen molar-refractivity contribution in [2.75, 3.05) is 6.54 Å². The Kier molecular flexibility index (Phi) is 4.66. The average Bonchev–Trinajstić information content (AvgIpc) is 2.93. The van der Waals surface area contributed by atoms with Crippen molar-refractivity contribution < 1.29 is 4.79 Å². The lowest BCUT2D eigenvalue weighted by Gasteiger charge is -2.36. The molecule has 0 aromatic heterocycles. The van der Waals surface area contributed by atoms with Gasteiger partial charge in [0, 0.05) is 12.6 Å². The van der Waals surface area contributed by atoms with Gasteiger partial charge in [0.15, 0.2) is 0 Å². The Morgan fingerprint density at radius 3 is 2.39 bits per heavy atom. The highest BCUT2D eigenvalue weighted by Crippen LogP contribution is 2.36. The van der Waals surface area contributed by atoms with Gasteiger partial charge in [-0.3, -0.25) is 4.79 Å². The Morgan fingerprint density at radius 1 is 1.22 bits per heavy atom. The first kappa shape index (κ1) is 13.9. The second kappa shape index (κ2) is 6.05. The quantitative estimate of drug-likeness (QED) is 0.808. The van der Waals surface area contributed by atoms with Crippen molar-refractivity contribution in [3.05, 3.63) is 0 Å². The summed E-state index contributed by atoms with van der Waals surface area (Å²) in [6, 6.07) is 0.324. The van der Waals surface area contributed by atoms with Gasteiger partial charge in [-0.15, -0.1) is 0 Å². The van der Waals surface area contributed by atoms with Crippen molar-refractivity contribution in [3.63, 3.8) is 0 Å². The number of hydrogen-bond acceptors (Lipinski definition) is 2. The van der Waals surface area contributed by atoms with E-state index in [1.165, 1.54) is 32.1 Å². The van der Waals surface area contributed by atoms with Crippen molar-refractivity contribution in [1.82, 2.24) is 5.32 Å². The van der Waals surface area contributed by atoms with Gasteiger partial charge in [0.05, 0.1) is 5.41 Å². The van der Waals surface area contributed by atoms with Crippen LogP contribution in [0.25, 0.3) is 0 Å². The zero-order valence-corrected chi connectivity index (χ0v) is 11.7. The molecule has 0 aromatic carbocycles. The number of amides is 1. The van der Waals surface area contributed by atoms with E-state index in [1.54, 1.807) is 0 Å². The summed E-state index contributed by atoms with van der Waals surface area (Å²) >= 11 is 0. The van der Waals surface area contributed by atoms with Crippen LogP contribution in [-0.4, -0.2) is 18.5 Å². The molecule has 0 radical (unpaired) electrons. The Bertz CT molecular complexity index is 278. The molecule has 0 saturated heterocycles. The topological polar surface area (TPSA) is 55.1 Å². The number of nitrogens with one attached hydrogen (secondary N) is 1. The number of hydrogen-bond donors (Lipinski definition) is 2. The summed E-state index contributed by atoms with van der Waals surface area (Å²) in [4.78, 5) is 12.5. The molecule has 2 saturated carbocycles. The van der Waals surface area contributed by atoms with Crippen LogP contribution < -0.4 is 11.1 Å². The lowest BCUT2D eigenvalue weighted by Crippen LogP contribution is -2.50. The Hall–Kier alpha value is -0.570. The van der Waals surface area contributed by atoms with Gasteiger partial charge in [0.1, 0.15) is 0 Å². The molecule has 3 heteroatoms. The Labute approximate surface area is 111 Å². The molecular weight excluding hydrogens is 224 g/mol. The summed E-state index contributed by atoms with van der Waals surface area (Å²) in [6.45, 7) is 2.68. The fourth-order valence-corrected chi connectivity index (χ4v) is 3.69. The zero-order valence-electron chi connectivity index (χ0n) is 11.7. The standard InChI is InChI=1S/C15H28N2O/c1-12(13-7-3-4-8-13)17-14(18)15(11-16)9-5-2-6-10-15/h12-13H,2-11,16H2,1H3,(H,17,18)/t12-/m1/s1. The van der Waals surface area contributed by atoms with Crippen LogP contribution in [0.1, 0.15) is 64.7 Å². The number of rotatable bonds is 4. The maximum atomic E-state index is 12.5. The van der Waals surface area contributed by atoms with Crippen molar-refractivity contribution in [3.8, 4) is 0 Å². The third-order valence-electron chi connectivity index (χ3n) is 5.15. The summed E-state index contributed by atoms with van der Waals surface area (Å²) in [5.41, 5.74) is 5.65. The SMILES string of the molecule is C[C@@H](NC(=O)C1(CN)CCCCC1)C1CCCC1. The molecule has 0 bridgehead atoms. The van der Waals surface area contributed by atoms with E-state index in [4.69, 9.17) is 5.73 Å². The monoisotopic (exact) mass is 252 g/mol. The summed E-state index contributed by atoms with van der Waals surface area (Å²) in [5, 5.41) is 3.26. The lowest BCUT2D eigenvalue weighted by molar-refractivity contribution is -0.133. The minimum absolute atomic E-state index is 0.226. The predicted octanol–water partition coefficient (Wildman–Crippen LogP) is 2.59. The Balaban J connectivity index is 1.92. The fourth-order valence-electron chi connectivity index (χ4n) is 3.69. The minimum atomic E-state index is -0.259. The number of carbonyl (C=O) groups excluding carboxylic acids is 1. The second-order valence-corrected chi connectivity index (χ2v) is 6.35. The molecule has 2 aliphatic rings.